The highest BCUT2D eigenvalue weighted by Gasteiger charge is 2.31. The van der Waals surface area contributed by atoms with E-state index in [0.29, 0.717) is 24.3 Å². The van der Waals surface area contributed by atoms with Crippen molar-refractivity contribution in [3.63, 3.8) is 0 Å². The SMILES string of the molecule is Cc1ccc2oc(C(=O)N3CCOCC3CC(=O)O)cc2n1. The van der Waals surface area contributed by atoms with Gasteiger partial charge in [0.25, 0.3) is 5.91 Å². The van der Waals surface area contributed by atoms with Crippen LogP contribution < -0.4 is 0 Å². The number of nitrogens with zero attached hydrogens (tertiary/aromatic N) is 2. The number of aromatic nitrogens is 1. The van der Waals surface area contributed by atoms with Gasteiger partial charge >= 0.3 is 5.97 Å². The van der Waals surface area contributed by atoms with Crippen molar-refractivity contribution in [2.75, 3.05) is 19.8 Å². The first-order chi connectivity index (χ1) is 10.5. The lowest BCUT2D eigenvalue weighted by atomic mass is 10.1. The van der Waals surface area contributed by atoms with Crippen molar-refractivity contribution in [2.45, 2.75) is 19.4 Å². The van der Waals surface area contributed by atoms with E-state index < -0.39 is 12.0 Å². The van der Waals surface area contributed by atoms with Crippen LogP contribution in [0.2, 0.25) is 0 Å². The van der Waals surface area contributed by atoms with Crippen LogP contribution in [0.15, 0.2) is 22.6 Å². The van der Waals surface area contributed by atoms with Gasteiger partial charge in [0.15, 0.2) is 11.3 Å². The maximum Gasteiger partial charge on any atom is 0.305 e. The van der Waals surface area contributed by atoms with E-state index in [1.54, 1.807) is 12.1 Å². The summed E-state index contributed by atoms with van der Waals surface area (Å²) in [6, 6.07) is 4.68. The van der Waals surface area contributed by atoms with Gasteiger partial charge in [0, 0.05) is 18.3 Å². The van der Waals surface area contributed by atoms with Gasteiger partial charge in [-0.25, -0.2) is 4.98 Å². The molecule has 7 nitrogen and oxygen atoms in total. The predicted octanol–water partition coefficient (Wildman–Crippen LogP) is 1.45. The average molecular weight is 304 g/mol. The lowest BCUT2D eigenvalue weighted by Crippen LogP contribution is -2.49. The molecule has 2 aromatic rings. The number of aryl methyl sites for hydroxylation is 1. The summed E-state index contributed by atoms with van der Waals surface area (Å²) in [5.74, 6) is -1.12. The van der Waals surface area contributed by atoms with E-state index >= 15 is 0 Å². The smallest absolute Gasteiger partial charge is 0.305 e. The van der Waals surface area contributed by atoms with Crippen LogP contribution in [0, 0.1) is 6.92 Å². The van der Waals surface area contributed by atoms with Gasteiger partial charge in [-0.15, -0.1) is 0 Å². The molecule has 0 spiro atoms. The topological polar surface area (TPSA) is 92.9 Å². The summed E-state index contributed by atoms with van der Waals surface area (Å²) in [6.45, 7) is 2.81. The van der Waals surface area contributed by atoms with Gasteiger partial charge in [0.05, 0.1) is 25.7 Å². The molecule has 0 aliphatic carbocycles. The molecule has 2 aromatic heterocycles. The highest BCUT2D eigenvalue weighted by Crippen LogP contribution is 2.21. The van der Waals surface area contributed by atoms with Crippen LogP contribution in [-0.4, -0.2) is 52.7 Å². The van der Waals surface area contributed by atoms with Crippen molar-refractivity contribution in [1.82, 2.24) is 9.88 Å². The Morgan fingerprint density at radius 2 is 2.27 bits per heavy atom. The number of aliphatic carboxylic acids is 1. The van der Waals surface area contributed by atoms with E-state index in [9.17, 15) is 9.59 Å². The number of hydrogen-bond acceptors (Lipinski definition) is 5. The minimum Gasteiger partial charge on any atom is -0.481 e. The van der Waals surface area contributed by atoms with Crippen LogP contribution in [0.1, 0.15) is 22.7 Å². The molecule has 0 radical (unpaired) electrons. The van der Waals surface area contributed by atoms with Crippen LogP contribution in [-0.2, 0) is 9.53 Å². The van der Waals surface area contributed by atoms with Crippen LogP contribution in [0.4, 0.5) is 0 Å². The molecule has 1 saturated heterocycles. The molecule has 1 amide bonds. The zero-order chi connectivity index (χ0) is 15.7. The van der Waals surface area contributed by atoms with E-state index in [1.807, 2.05) is 13.0 Å². The first-order valence-corrected chi connectivity index (χ1v) is 7.02. The monoisotopic (exact) mass is 304 g/mol. The van der Waals surface area contributed by atoms with Gasteiger partial charge in [-0.3, -0.25) is 9.59 Å². The molecule has 7 heteroatoms. The highest BCUT2D eigenvalue weighted by molar-refractivity contribution is 5.95. The molecule has 0 bridgehead atoms. The van der Waals surface area contributed by atoms with Crippen LogP contribution in [0.25, 0.3) is 11.1 Å². The van der Waals surface area contributed by atoms with Crippen molar-refractivity contribution in [1.29, 1.82) is 0 Å². The molecule has 116 valence electrons. The van der Waals surface area contributed by atoms with E-state index in [-0.39, 0.29) is 24.7 Å². The number of carboxylic acids is 1. The number of pyridine rings is 1. The molecule has 1 N–H and O–H groups in total. The number of furan rings is 1. The fourth-order valence-electron chi connectivity index (χ4n) is 2.57. The minimum atomic E-state index is -0.963. The van der Waals surface area contributed by atoms with Gasteiger partial charge in [-0.1, -0.05) is 0 Å². The molecule has 3 rings (SSSR count). The zero-order valence-corrected chi connectivity index (χ0v) is 12.1. The molecule has 22 heavy (non-hydrogen) atoms. The van der Waals surface area contributed by atoms with Gasteiger partial charge in [0.1, 0.15) is 5.52 Å². The Morgan fingerprint density at radius 3 is 3.05 bits per heavy atom. The summed E-state index contributed by atoms with van der Waals surface area (Å²) >= 11 is 0. The fraction of sp³-hybridized carbons (Fsp3) is 0.400. The molecule has 0 saturated carbocycles. The second-order valence-corrected chi connectivity index (χ2v) is 5.27. The van der Waals surface area contributed by atoms with Crippen molar-refractivity contribution < 1.29 is 23.8 Å². The van der Waals surface area contributed by atoms with Crippen LogP contribution in [0.3, 0.4) is 0 Å². The van der Waals surface area contributed by atoms with E-state index in [0.717, 1.165) is 5.69 Å². The molecule has 3 heterocycles. The molecule has 1 atom stereocenters. The molecule has 1 aliphatic rings. The highest BCUT2D eigenvalue weighted by atomic mass is 16.5. The third-order valence-corrected chi connectivity index (χ3v) is 3.62. The van der Waals surface area contributed by atoms with E-state index in [1.165, 1.54) is 4.90 Å². The minimum absolute atomic E-state index is 0.149. The molecular formula is C15H16N2O5. The van der Waals surface area contributed by atoms with Gasteiger partial charge in [-0.2, -0.15) is 0 Å². The predicted molar refractivity (Wildman–Crippen MR) is 76.6 cm³/mol. The van der Waals surface area contributed by atoms with E-state index in [4.69, 9.17) is 14.3 Å². The van der Waals surface area contributed by atoms with Crippen molar-refractivity contribution in [3.05, 3.63) is 29.7 Å². The maximum atomic E-state index is 12.6. The number of rotatable bonds is 3. The number of carbonyl (C=O) groups is 2. The number of carboxylic acid groups (broad SMARTS) is 1. The number of ether oxygens (including phenoxy) is 1. The second-order valence-electron chi connectivity index (χ2n) is 5.27. The Labute approximate surface area is 126 Å². The van der Waals surface area contributed by atoms with Crippen LogP contribution in [0.5, 0.6) is 0 Å². The maximum absolute atomic E-state index is 12.6. The Hall–Kier alpha value is -2.41. The summed E-state index contributed by atoms with van der Waals surface area (Å²) in [6.07, 6.45) is -0.149. The van der Waals surface area contributed by atoms with Crippen molar-refractivity contribution in [2.24, 2.45) is 0 Å². The summed E-state index contributed by atoms with van der Waals surface area (Å²) in [5, 5.41) is 8.95. The number of carbonyl (C=O) groups excluding carboxylic acids is 1. The number of hydrogen-bond donors (Lipinski definition) is 1. The summed E-state index contributed by atoms with van der Waals surface area (Å²) in [5.41, 5.74) is 1.99. The molecule has 1 aliphatic heterocycles. The standard InChI is InChI=1S/C15H16N2O5/c1-9-2-3-12-11(16-9)7-13(22-12)15(20)17-4-5-21-8-10(17)6-14(18)19/h2-3,7,10H,4-6,8H2,1H3,(H,18,19). The van der Waals surface area contributed by atoms with Gasteiger partial charge in [-0.05, 0) is 19.1 Å². The molecular weight excluding hydrogens is 288 g/mol. The summed E-state index contributed by atoms with van der Waals surface area (Å²) in [4.78, 5) is 29.3. The molecule has 1 unspecified atom stereocenters. The summed E-state index contributed by atoms with van der Waals surface area (Å²) < 4.78 is 10.8. The van der Waals surface area contributed by atoms with Gasteiger partial charge < -0.3 is 19.2 Å². The Bertz CT molecular complexity index is 724. The quantitative estimate of drug-likeness (QED) is 0.922. The lowest BCUT2D eigenvalue weighted by Gasteiger charge is -2.34. The van der Waals surface area contributed by atoms with Crippen LogP contribution >= 0.6 is 0 Å². The third kappa shape index (κ3) is 2.80. The lowest BCUT2D eigenvalue weighted by molar-refractivity contribution is -0.139. The van der Waals surface area contributed by atoms with Crippen molar-refractivity contribution >= 4 is 23.0 Å². The summed E-state index contributed by atoms with van der Waals surface area (Å²) in [7, 11) is 0. The first-order valence-electron chi connectivity index (χ1n) is 7.02. The second kappa shape index (κ2) is 5.76. The third-order valence-electron chi connectivity index (χ3n) is 3.62. The zero-order valence-electron chi connectivity index (χ0n) is 12.1. The number of morpholine rings is 1. The van der Waals surface area contributed by atoms with Crippen molar-refractivity contribution in [3.8, 4) is 0 Å². The molecule has 1 fully saturated rings. The Morgan fingerprint density at radius 1 is 1.45 bits per heavy atom. The molecule has 0 aromatic carbocycles. The average Bonchev–Trinajstić information content (AvgIpc) is 2.89. The fourth-order valence-corrected chi connectivity index (χ4v) is 2.57. The Kier molecular flexibility index (Phi) is 3.81. The first kappa shape index (κ1) is 14.5. The largest absolute Gasteiger partial charge is 0.481 e. The Balaban J connectivity index is 1.87. The normalized spacial score (nSPS) is 18.6. The van der Waals surface area contributed by atoms with E-state index in [2.05, 4.69) is 4.98 Å². The van der Waals surface area contributed by atoms with Gasteiger partial charge in [0.2, 0.25) is 0 Å². The number of amides is 1. The number of fused-ring (bicyclic) bond motifs is 1.